The zero-order valence-electron chi connectivity index (χ0n) is 12.1. The average Bonchev–Trinajstić information content (AvgIpc) is 2.34. The van der Waals surface area contributed by atoms with Gasteiger partial charge in [-0.1, -0.05) is 30.0 Å². The normalized spacial score (nSPS) is 10.9. The highest BCUT2D eigenvalue weighted by molar-refractivity contribution is 8.13. The van der Waals surface area contributed by atoms with Crippen LogP contribution in [-0.2, 0) is 9.53 Å². The summed E-state index contributed by atoms with van der Waals surface area (Å²) in [6.07, 6.45) is 0.591. The molecule has 110 valence electrons. The van der Waals surface area contributed by atoms with Gasteiger partial charge in [0, 0.05) is 17.9 Å². The second kappa shape index (κ2) is 7.94. The zero-order chi connectivity index (χ0) is 15.0. The van der Waals surface area contributed by atoms with Gasteiger partial charge in [-0.2, -0.15) is 0 Å². The Kier molecular flexibility index (Phi) is 6.58. The molecule has 0 fully saturated rings. The van der Waals surface area contributed by atoms with Crippen molar-refractivity contribution in [2.24, 2.45) is 0 Å². The third kappa shape index (κ3) is 7.84. The summed E-state index contributed by atoms with van der Waals surface area (Å²) < 4.78 is 5.10. The van der Waals surface area contributed by atoms with E-state index < -0.39 is 11.7 Å². The molecule has 1 rings (SSSR count). The van der Waals surface area contributed by atoms with E-state index in [-0.39, 0.29) is 5.12 Å². The average molecular weight is 295 g/mol. The van der Waals surface area contributed by atoms with Gasteiger partial charge in [-0.05, 0) is 39.3 Å². The van der Waals surface area contributed by atoms with E-state index in [0.29, 0.717) is 19.4 Å². The van der Waals surface area contributed by atoms with Crippen molar-refractivity contribution in [1.82, 2.24) is 5.32 Å². The van der Waals surface area contributed by atoms with Crippen LogP contribution in [-0.4, -0.2) is 23.4 Å². The number of alkyl carbamates (subject to hydrolysis) is 1. The van der Waals surface area contributed by atoms with Crippen LogP contribution in [0.4, 0.5) is 4.79 Å². The van der Waals surface area contributed by atoms with Crippen LogP contribution in [0, 0.1) is 0 Å². The molecule has 0 radical (unpaired) electrons. The molecular formula is C15H21NO3S. The van der Waals surface area contributed by atoms with E-state index in [1.54, 1.807) is 0 Å². The number of carbonyl (C=O) groups excluding carboxylic acids is 2. The van der Waals surface area contributed by atoms with Crippen LogP contribution >= 0.6 is 11.8 Å². The minimum absolute atomic E-state index is 0.0992. The molecule has 0 atom stereocenters. The van der Waals surface area contributed by atoms with Crippen LogP contribution in [0.2, 0.25) is 0 Å². The number of carbonyl (C=O) groups is 2. The summed E-state index contributed by atoms with van der Waals surface area (Å²) in [4.78, 5) is 24.0. The smallest absolute Gasteiger partial charge is 0.407 e. The highest BCUT2D eigenvalue weighted by atomic mass is 32.2. The molecule has 1 aromatic carbocycles. The lowest BCUT2D eigenvalue weighted by Gasteiger charge is -2.19. The van der Waals surface area contributed by atoms with Crippen molar-refractivity contribution in [2.75, 3.05) is 6.54 Å². The third-order valence-corrected chi connectivity index (χ3v) is 3.14. The lowest BCUT2D eigenvalue weighted by molar-refractivity contribution is -0.111. The molecular weight excluding hydrogens is 274 g/mol. The zero-order valence-corrected chi connectivity index (χ0v) is 13.0. The first-order valence-corrected chi connectivity index (χ1v) is 7.41. The van der Waals surface area contributed by atoms with Gasteiger partial charge in [0.05, 0.1) is 0 Å². The van der Waals surface area contributed by atoms with E-state index in [0.717, 1.165) is 4.90 Å². The summed E-state index contributed by atoms with van der Waals surface area (Å²) in [6, 6.07) is 9.53. The Bertz CT molecular complexity index is 440. The molecule has 0 saturated carbocycles. The van der Waals surface area contributed by atoms with E-state index in [1.807, 2.05) is 51.1 Å². The molecule has 0 aliphatic rings. The number of rotatable bonds is 5. The van der Waals surface area contributed by atoms with Gasteiger partial charge >= 0.3 is 6.09 Å². The fourth-order valence-corrected chi connectivity index (χ4v) is 2.21. The Labute approximate surface area is 124 Å². The number of hydrogen-bond acceptors (Lipinski definition) is 4. The second-order valence-corrected chi connectivity index (χ2v) is 6.45. The van der Waals surface area contributed by atoms with E-state index in [9.17, 15) is 9.59 Å². The Morgan fingerprint density at radius 3 is 2.45 bits per heavy atom. The van der Waals surface area contributed by atoms with Crippen LogP contribution in [0.15, 0.2) is 35.2 Å². The molecule has 0 saturated heterocycles. The van der Waals surface area contributed by atoms with Crippen LogP contribution < -0.4 is 5.32 Å². The maximum absolute atomic E-state index is 11.7. The molecule has 0 spiro atoms. The van der Waals surface area contributed by atoms with Crippen molar-refractivity contribution in [2.45, 2.75) is 44.1 Å². The van der Waals surface area contributed by atoms with Gasteiger partial charge in [-0.25, -0.2) is 4.79 Å². The van der Waals surface area contributed by atoms with Crippen molar-refractivity contribution in [3.63, 3.8) is 0 Å². The Hall–Kier alpha value is -1.49. The lowest BCUT2D eigenvalue weighted by atomic mass is 10.2. The number of thioether (sulfide) groups is 1. The number of hydrogen-bond donors (Lipinski definition) is 1. The minimum Gasteiger partial charge on any atom is -0.444 e. The van der Waals surface area contributed by atoms with Gasteiger partial charge in [0.1, 0.15) is 5.60 Å². The summed E-state index contributed by atoms with van der Waals surface area (Å²) in [7, 11) is 0. The maximum Gasteiger partial charge on any atom is 0.407 e. The molecule has 1 aromatic rings. The van der Waals surface area contributed by atoms with Gasteiger partial charge in [0.15, 0.2) is 5.12 Å². The lowest BCUT2D eigenvalue weighted by Crippen LogP contribution is -2.33. The van der Waals surface area contributed by atoms with E-state index in [2.05, 4.69) is 5.32 Å². The molecule has 0 aliphatic carbocycles. The van der Waals surface area contributed by atoms with Gasteiger partial charge in [-0.15, -0.1) is 0 Å². The number of benzene rings is 1. The van der Waals surface area contributed by atoms with Crippen molar-refractivity contribution < 1.29 is 14.3 Å². The van der Waals surface area contributed by atoms with Gasteiger partial charge in [-0.3, -0.25) is 4.79 Å². The van der Waals surface area contributed by atoms with Crippen molar-refractivity contribution in [3.8, 4) is 0 Å². The minimum atomic E-state index is -0.497. The first-order chi connectivity index (χ1) is 9.37. The van der Waals surface area contributed by atoms with Crippen LogP contribution in [0.1, 0.15) is 33.6 Å². The number of nitrogens with one attached hydrogen (secondary N) is 1. The topological polar surface area (TPSA) is 55.4 Å². The first kappa shape index (κ1) is 16.6. The van der Waals surface area contributed by atoms with Crippen molar-refractivity contribution in [1.29, 1.82) is 0 Å². The monoisotopic (exact) mass is 295 g/mol. The maximum atomic E-state index is 11.7. The SMILES string of the molecule is CC(C)(C)OC(=O)NCCCC(=O)Sc1ccccc1. The highest BCUT2D eigenvalue weighted by Crippen LogP contribution is 2.19. The Morgan fingerprint density at radius 1 is 1.20 bits per heavy atom. The van der Waals surface area contributed by atoms with Gasteiger partial charge < -0.3 is 10.1 Å². The fraction of sp³-hybridized carbons (Fsp3) is 0.467. The predicted molar refractivity (Wildman–Crippen MR) is 80.8 cm³/mol. The van der Waals surface area contributed by atoms with Crippen molar-refractivity contribution in [3.05, 3.63) is 30.3 Å². The molecule has 0 bridgehead atoms. The van der Waals surface area contributed by atoms with Crippen LogP contribution in [0.25, 0.3) is 0 Å². The molecule has 0 heterocycles. The predicted octanol–water partition coefficient (Wildman–Crippen LogP) is 3.61. The molecule has 1 amide bonds. The summed E-state index contributed by atoms with van der Waals surface area (Å²) in [5, 5.41) is 2.74. The molecule has 5 heteroatoms. The highest BCUT2D eigenvalue weighted by Gasteiger charge is 2.15. The molecule has 20 heavy (non-hydrogen) atoms. The van der Waals surface area contributed by atoms with Crippen molar-refractivity contribution >= 4 is 23.0 Å². The first-order valence-electron chi connectivity index (χ1n) is 6.59. The Morgan fingerprint density at radius 2 is 1.85 bits per heavy atom. The van der Waals surface area contributed by atoms with Crippen LogP contribution in [0.3, 0.4) is 0 Å². The molecule has 0 aliphatic heterocycles. The third-order valence-electron chi connectivity index (χ3n) is 2.20. The Balaban J connectivity index is 2.15. The van der Waals surface area contributed by atoms with E-state index in [4.69, 9.17) is 4.74 Å². The fourth-order valence-electron chi connectivity index (χ4n) is 1.41. The molecule has 0 aromatic heterocycles. The summed E-state index contributed by atoms with van der Waals surface area (Å²) in [5.41, 5.74) is -0.497. The summed E-state index contributed by atoms with van der Waals surface area (Å²) in [6.45, 7) is 5.88. The number of ether oxygens (including phenoxy) is 1. The second-order valence-electron chi connectivity index (χ2n) is 5.32. The van der Waals surface area contributed by atoms with E-state index in [1.165, 1.54) is 11.8 Å². The van der Waals surface area contributed by atoms with E-state index >= 15 is 0 Å². The standard InChI is InChI=1S/C15H21NO3S/c1-15(2,3)19-14(18)16-11-7-10-13(17)20-12-8-5-4-6-9-12/h4-6,8-9H,7,10-11H2,1-3H3,(H,16,18). The quantitative estimate of drug-likeness (QED) is 0.666. The van der Waals surface area contributed by atoms with Gasteiger partial charge in [0.25, 0.3) is 0 Å². The molecule has 4 nitrogen and oxygen atoms in total. The number of amides is 1. The largest absolute Gasteiger partial charge is 0.444 e. The van der Waals surface area contributed by atoms with Gasteiger partial charge in [0.2, 0.25) is 0 Å². The molecule has 1 N–H and O–H groups in total. The summed E-state index contributed by atoms with van der Waals surface area (Å²) >= 11 is 1.23. The summed E-state index contributed by atoms with van der Waals surface area (Å²) in [5.74, 6) is 0. The van der Waals surface area contributed by atoms with Crippen LogP contribution in [0.5, 0.6) is 0 Å². The molecule has 0 unspecified atom stereocenters.